The molecule has 4 heteroatoms. The summed E-state index contributed by atoms with van der Waals surface area (Å²) in [6.07, 6.45) is 0. The van der Waals surface area contributed by atoms with E-state index in [0.29, 0.717) is 6.54 Å². The maximum absolute atomic E-state index is 10.9. The third-order valence-electron chi connectivity index (χ3n) is 1.20. The zero-order chi connectivity index (χ0) is 8.69. The predicted molar refractivity (Wildman–Crippen MR) is 48.3 cm³/mol. The Morgan fingerprint density at radius 2 is 2.36 bits per heavy atom. The smallest absolute Gasteiger partial charge is 0.299 e. The number of hydrogen-bond donors (Lipinski definition) is 1. The van der Waals surface area contributed by atoms with Gasteiger partial charge in [-0.15, -0.1) is 0 Å². The van der Waals surface area contributed by atoms with Gasteiger partial charge in [-0.1, -0.05) is 0 Å². The van der Waals surface area contributed by atoms with Gasteiger partial charge >= 0.3 is 0 Å². The van der Waals surface area contributed by atoms with Crippen LogP contribution >= 0.6 is 15.9 Å². The highest BCUT2D eigenvalue weighted by Crippen LogP contribution is 1.82. The number of rotatable bonds is 3. The Labute approximate surface area is 75.3 Å². The lowest BCUT2D eigenvalue weighted by Gasteiger charge is -2.12. The third-order valence-corrected chi connectivity index (χ3v) is 1.40. The van der Waals surface area contributed by atoms with Crippen LogP contribution in [0.15, 0.2) is 0 Å². The second-order valence-electron chi connectivity index (χ2n) is 2.05. The highest BCUT2D eigenvalue weighted by Gasteiger charge is 2.02. The molecule has 62 valence electrons. The van der Waals surface area contributed by atoms with Crippen molar-refractivity contribution in [2.45, 2.75) is 0 Å². The topological polar surface area (TPSA) is 32.3 Å². The van der Waals surface area contributed by atoms with E-state index in [9.17, 15) is 4.79 Å². The Hall–Kier alpha value is -0.530. The second kappa shape index (κ2) is 6.20. The Bertz CT molecular complexity index is 183. The van der Waals surface area contributed by atoms with Gasteiger partial charge in [-0.05, 0) is 11.9 Å². The van der Waals surface area contributed by atoms with Gasteiger partial charge in [-0.25, -0.2) is 0 Å². The Kier molecular flexibility index (Phi) is 5.90. The van der Waals surface area contributed by atoms with Gasteiger partial charge in [0.1, 0.15) is 0 Å². The highest BCUT2D eigenvalue weighted by molar-refractivity contribution is 9.12. The van der Waals surface area contributed by atoms with Crippen LogP contribution in [-0.2, 0) is 4.79 Å². The number of carbonyl (C=O) groups excluding carboxylic acids is 1. The van der Waals surface area contributed by atoms with E-state index in [1.54, 1.807) is 11.9 Å². The summed E-state index contributed by atoms with van der Waals surface area (Å²) in [5, 5.41) is 2.94. The molecule has 11 heavy (non-hydrogen) atoms. The Balaban J connectivity index is 3.70. The maximum Gasteiger partial charge on any atom is 0.299 e. The molecule has 0 rings (SSSR count). The van der Waals surface area contributed by atoms with E-state index in [0.717, 1.165) is 6.54 Å². The SMILES string of the molecule is CNCCN(C)C(=O)C#CBr. The molecule has 0 aliphatic heterocycles. The quantitative estimate of drug-likeness (QED) is 0.678. The van der Waals surface area contributed by atoms with Crippen LogP contribution in [0.2, 0.25) is 0 Å². The monoisotopic (exact) mass is 218 g/mol. The van der Waals surface area contributed by atoms with Crippen molar-refractivity contribution in [3.8, 4) is 10.8 Å². The first-order valence-electron chi connectivity index (χ1n) is 3.23. The van der Waals surface area contributed by atoms with Gasteiger partial charge in [0.05, 0.1) is 0 Å². The molecule has 0 radical (unpaired) electrons. The van der Waals surface area contributed by atoms with Crippen molar-refractivity contribution in [1.82, 2.24) is 10.2 Å². The first-order chi connectivity index (χ1) is 5.22. The summed E-state index contributed by atoms with van der Waals surface area (Å²) >= 11 is 2.86. The maximum atomic E-state index is 10.9. The zero-order valence-electron chi connectivity index (χ0n) is 6.65. The summed E-state index contributed by atoms with van der Waals surface area (Å²) < 4.78 is 0. The molecule has 0 bridgehead atoms. The summed E-state index contributed by atoms with van der Waals surface area (Å²) in [7, 11) is 3.56. The van der Waals surface area contributed by atoms with Crippen LogP contribution in [0.5, 0.6) is 0 Å². The lowest BCUT2D eigenvalue weighted by Crippen LogP contribution is -2.31. The van der Waals surface area contributed by atoms with Crippen molar-refractivity contribution in [2.24, 2.45) is 0 Å². The fourth-order valence-electron chi connectivity index (χ4n) is 0.517. The molecule has 0 fully saturated rings. The molecule has 0 atom stereocenters. The molecule has 0 saturated carbocycles. The molecule has 0 spiro atoms. The van der Waals surface area contributed by atoms with Crippen molar-refractivity contribution in [2.75, 3.05) is 27.2 Å². The average molecular weight is 219 g/mol. The number of amides is 1. The minimum absolute atomic E-state index is 0.169. The van der Waals surface area contributed by atoms with E-state index >= 15 is 0 Å². The minimum atomic E-state index is -0.169. The van der Waals surface area contributed by atoms with Gasteiger partial charge in [0, 0.05) is 42.0 Å². The number of hydrogen-bond acceptors (Lipinski definition) is 2. The molecule has 0 aromatic rings. The lowest BCUT2D eigenvalue weighted by molar-refractivity contribution is -0.123. The molecule has 3 nitrogen and oxygen atoms in total. The molecule has 0 aromatic carbocycles. The van der Waals surface area contributed by atoms with Crippen molar-refractivity contribution in [3.63, 3.8) is 0 Å². The minimum Gasteiger partial charge on any atom is -0.334 e. The van der Waals surface area contributed by atoms with Crippen LogP contribution in [0.3, 0.4) is 0 Å². The molecular formula is C7H11BrN2O. The molecule has 0 saturated heterocycles. The summed E-state index contributed by atoms with van der Waals surface area (Å²) in [5.41, 5.74) is 0. The number of nitrogens with one attached hydrogen (secondary N) is 1. The first-order valence-corrected chi connectivity index (χ1v) is 4.03. The third kappa shape index (κ3) is 4.82. The first kappa shape index (κ1) is 10.5. The molecule has 0 aliphatic carbocycles. The van der Waals surface area contributed by atoms with Crippen LogP contribution in [0.1, 0.15) is 0 Å². The standard InChI is InChI=1S/C7H11BrN2O/c1-9-5-6-10(2)7(11)3-4-8/h9H,5-6H2,1-2H3. The van der Waals surface area contributed by atoms with Gasteiger partial charge in [-0.2, -0.15) is 0 Å². The van der Waals surface area contributed by atoms with Gasteiger partial charge in [0.25, 0.3) is 5.91 Å². The van der Waals surface area contributed by atoms with Crippen molar-refractivity contribution in [3.05, 3.63) is 0 Å². The van der Waals surface area contributed by atoms with E-state index < -0.39 is 0 Å². The van der Waals surface area contributed by atoms with Gasteiger partial charge in [-0.3, -0.25) is 4.79 Å². The molecule has 1 N–H and O–H groups in total. The van der Waals surface area contributed by atoms with Crippen LogP contribution < -0.4 is 5.32 Å². The number of carbonyl (C=O) groups is 1. The van der Waals surface area contributed by atoms with Crippen molar-refractivity contribution >= 4 is 21.8 Å². The number of nitrogens with zero attached hydrogens (tertiary/aromatic N) is 1. The van der Waals surface area contributed by atoms with Crippen LogP contribution in [0.4, 0.5) is 0 Å². The van der Waals surface area contributed by atoms with Gasteiger partial charge in [0.15, 0.2) is 0 Å². The van der Waals surface area contributed by atoms with Crippen molar-refractivity contribution < 1.29 is 4.79 Å². The number of likely N-dealkylation sites (N-methyl/N-ethyl adjacent to an activating group) is 2. The largest absolute Gasteiger partial charge is 0.334 e. The molecule has 1 amide bonds. The molecule has 0 heterocycles. The van der Waals surface area contributed by atoms with E-state index in [-0.39, 0.29) is 5.91 Å². The van der Waals surface area contributed by atoms with E-state index in [4.69, 9.17) is 0 Å². The summed E-state index contributed by atoms with van der Waals surface area (Å²) in [6.45, 7) is 1.46. The zero-order valence-corrected chi connectivity index (χ0v) is 8.23. The molecular weight excluding hydrogens is 208 g/mol. The van der Waals surface area contributed by atoms with Crippen LogP contribution in [0, 0.1) is 10.8 Å². The predicted octanol–water partition coefficient (Wildman–Crippen LogP) is 0.0200. The van der Waals surface area contributed by atoms with E-state index in [1.807, 2.05) is 7.05 Å². The number of halogens is 1. The Morgan fingerprint density at radius 1 is 1.73 bits per heavy atom. The highest BCUT2D eigenvalue weighted by atomic mass is 79.9. The van der Waals surface area contributed by atoms with Crippen LogP contribution in [0.25, 0.3) is 0 Å². The van der Waals surface area contributed by atoms with Crippen molar-refractivity contribution in [1.29, 1.82) is 0 Å². The normalized spacial score (nSPS) is 8.27. The summed E-state index contributed by atoms with van der Waals surface area (Å²) in [4.78, 5) is 14.9. The van der Waals surface area contributed by atoms with Crippen LogP contribution in [-0.4, -0.2) is 38.0 Å². The fraction of sp³-hybridized carbons (Fsp3) is 0.571. The molecule has 0 aliphatic rings. The van der Waals surface area contributed by atoms with Gasteiger partial charge < -0.3 is 10.2 Å². The Morgan fingerprint density at radius 3 is 2.82 bits per heavy atom. The average Bonchev–Trinajstić information content (AvgIpc) is 2.00. The molecule has 0 aromatic heterocycles. The second-order valence-corrected chi connectivity index (χ2v) is 2.45. The molecule has 0 unspecified atom stereocenters. The lowest BCUT2D eigenvalue weighted by atomic mass is 10.5. The van der Waals surface area contributed by atoms with E-state index in [1.165, 1.54) is 0 Å². The summed E-state index contributed by atoms with van der Waals surface area (Å²) in [6, 6.07) is 0. The fourth-order valence-corrected chi connectivity index (χ4v) is 0.686. The van der Waals surface area contributed by atoms with Gasteiger partial charge in [0.2, 0.25) is 0 Å². The van der Waals surface area contributed by atoms with E-state index in [2.05, 4.69) is 32.0 Å². The summed E-state index contributed by atoms with van der Waals surface area (Å²) in [5.74, 6) is 2.21.